The molecular weight excluding hydrogens is 432 g/mol. The zero-order valence-electron chi connectivity index (χ0n) is 17.4. The van der Waals surface area contributed by atoms with Crippen LogP contribution >= 0.6 is 11.6 Å². The van der Waals surface area contributed by atoms with E-state index in [1.165, 1.54) is 0 Å². The molecule has 2 bridgehead atoms. The van der Waals surface area contributed by atoms with Gasteiger partial charge >= 0.3 is 6.03 Å². The van der Waals surface area contributed by atoms with Crippen LogP contribution in [0.5, 0.6) is 0 Å². The number of carbonyl (C=O) groups is 3. The number of aromatic nitrogens is 1. The molecule has 8 nitrogen and oxygen atoms in total. The second-order valence-electron chi connectivity index (χ2n) is 8.75. The summed E-state index contributed by atoms with van der Waals surface area (Å²) in [6, 6.07) is 10.9. The molecule has 1 aromatic carbocycles. The van der Waals surface area contributed by atoms with Crippen LogP contribution in [0.25, 0.3) is 0 Å². The van der Waals surface area contributed by atoms with Crippen LogP contribution in [-0.2, 0) is 22.7 Å². The first kappa shape index (κ1) is 20.8. The maximum atomic E-state index is 13.0. The lowest BCUT2D eigenvalue weighted by Gasteiger charge is -2.43. The predicted octanol–water partition coefficient (Wildman–Crippen LogP) is 1.96. The molecule has 2 saturated heterocycles. The van der Waals surface area contributed by atoms with Gasteiger partial charge in [-0.15, -0.1) is 0 Å². The lowest BCUT2D eigenvalue weighted by atomic mass is 9.83. The minimum absolute atomic E-state index is 0.00276. The van der Waals surface area contributed by atoms with Gasteiger partial charge in [-0.25, -0.2) is 4.79 Å². The van der Waals surface area contributed by atoms with Gasteiger partial charge in [-0.1, -0.05) is 29.8 Å². The van der Waals surface area contributed by atoms with Crippen LogP contribution in [0.3, 0.4) is 0 Å². The summed E-state index contributed by atoms with van der Waals surface area (Å²) in [6.45, 7) is 1.80. The van der Waals surface area contributed by atoms with Gasteiger partial charge in [0, 0.05) is 42.3 Å². The second kappa shape index (κ2) is 8.09. The molecule has 32 heavy (non-hydrogen) atoms. The van der Waals surface area contributed by atoms with E-state index in [4.69, 9.17) is 11.6 Å². The summed E-state index contributed by atoms with van der Waals surface area (Å²) in [4.78, 5) is 53.3. The molecule has 166 valence electrons. The summed E-state index contributed by atoms with van der Waals surface area (Å²) >= 11 is 5.89. The number of amides is 4. The predicted molar refractivity (Wildman–Crippen MR) is 117 cm³/mol. The van der Waals surface area contributed by atoms with Crippen LogP contribution in [0, 0.1) is 5.92 Å². The number of halogens is 1. The number of nitrogens with zero attached hydrogens (tertiary/aromatic N) is 3. The van der Waals surface area contributed by atoms with Crippen molar-refractivity contribution in [3.63, 3.8) is 0 Å². The van der Waals surface area contributed by atoms with E-state index in [1.807, 2.05) is 10.6 Å². The molecular formula is C23H23ClN4O4. The number of nitrogens with one attached hydrogen (secondary N) is 1. The Bertz CT molecular complexity index is 1150. The van der Waals surface area contributed by atoms with Crippen molar-refractivity contribution in [1.82, 2.24) is 19.7 Å². The van der Waals surface area contributed by atoms with Crippen LogP contribution in [0.4, 0.5) is 4.79 Å². The number of hydrogen-bond donors (Lipinski definition) is 1. The highest BCUT2D eigenvalue weighted by atomic mass is 35.5. The lowest BCUT2D eigenvalue weighted by Crippen LogP contribution is -2.50. The SMILES string of the molecule is O=C(CC1NC(=O)N(Cc2ccc(Cl)cc2)C1=O)N1CC2CC(C1)c1cccc(=O)n1C2. The van der Waals surface area contributed by atoms with Gasteiger partial charge < -0.3 is 14.8 Å². The number of pyridine rings is 1. The second-order valence-corrected chi connectivity index (χ2v) is 9.19. The topological polar surface area (TPSA) is 91.7 Å². The highest BCUT2D eigenvalue weighted by Gasteiger charge is 2.41. The molecule has 3 unspecified atom stereocenters. The van der Waals surface area contributed by atoms with E-state index in [-0.39, 0.29) is 36.3 Å². The molecule has 0 aliphatic carbocycles. The Balaban J connectivity index is 1.25. The number of fused-ring (bicyclic) bond motifs is 4. The highest BCUT2D eigenvalue weighted by Crippen LogP contribution is 2.35. The Kier molecular flexibility index (Phi) is 5.25. The van der Waals surface area contributed by atoms with Crippen molar-refractivity contribution in [3.05, 3.63) is 69.1 Å². The molecule has 3 atom stereocenters. The fraction of sp³-hybridized carbons (Fsp3) is 0.391. The Morgan fingerprint density at radius 3 is 2.59 bits per heavy atom. The van der Waals surface area contributed by atoms with Crippen molar-refractivity contribution in [2.24, 2.45) is 5.92 Å². The zero-order chi connectivity index (χ0) is 22.4. The Morgan fingerprint density at radius 1 is 1.03 bits per heavy atom. The Labute approximate surface area is 189 Å². The minimum atomic E-state index is -0.862. The number of piperidine rings is 1. The molecule has 2 aromatic rings. The van der Waals surface area contributed by atoms with Crippen molar-refractivity contribution < 1.29 is 14.4 Å². The van der Waals surface area contributed by atoms with Gasteiger partial charge in [-0.2, -0.15) is 0 Å². The van der Waals surface area contributed by atoms with Crippen molar-refractivity contribution >= 4 is 29.4 Å². The summed E-state index contributed by atoms with van der Waals surface area (Å²) in [5.74, 6) is -0.234. The van der Waals surface area contributed by atoms with Gasteiger partial charge in [0.25, 0.3) is 11.5 Å². The fourth-order valence-electron chi connectivity index (χ4n) is 5.04. The molecule has 0 saturated carbocycles. The molecule has 4 heterocycles. The molecule has 1 N–H and O–H groups in total. The van der Waals surface area contributed by atoms with E-state index in [0.29, 0.717) is 24.7 Å². The zero-order valence-corrected chi connectivity index (χ0v) is 18.1. The number of carbonyl (C=O) groups excluding carboxylic acids is 3. The smallest absolute Gasteiger partial charge is 0.325 e. The third kappa shape index (κ3) is 3.79. The van der Waals surface area contributed by atoms with Gasteiger partial charge in [-0.05, 0) is 36.1 Å². The van der Waals surface area contributed by atoms with Crippen LogP contribution in [0.15, 0.2) is 47.3 Å². The Hall–Kier alpha value is -3.13. The van der Waals surface area contributed by atoms with Crippen molar-refractivity contribution in [3.8, 4) is 0 Å². The minimum Gasteiger partial charge on any atom is -0.342 e. The number of rotatable bonds is 4. The van der Waals surface area contributed by atoms with Crippen LogP contribution in [0.2, 0.25) is 5.02 Å². The van der Waals surface area contributed by atoms with E-state index < -0.39 is 18.0 Å². The van der Waals surface area contributed by atoms with Gasteiger partial charge in [0.2, 0.25) is 5.91 Å². The van der Waals surface area contributed by atoms with Gasteiger partial charge in [0.1, 0.15) is 6.04 Å². The van der Waals surface area contributed by atoms with Gasteiger partial charge in [-0.3, -0.25) is 19.3 Å². The van der Waals surface area contributed by atoms with Crippen molar-refractivity contribution in [2.75, 3.05) is 13.1 Å². The standard InChI is InChI=1S/C23H23ClN4O4/c24-17-6-4-14(5-7-17)11-28-22(31)18(25-23(28)32)9-21(30)26-10-15-8-16(13-26)19-2-1-3-20(29)27(19)12-15/h1-7,15-16,18H,8-13H2,(H,25,32). The average molecular weight is 455 g/mol. The molecule has 3 aliphatic heterocycles. The maximum Gasteiger partial charge on any atom is 0.325 e. The fourth-order valence-corrected chi connectivity index (χ4v) is 5.17. The molecule has 4 amide bonds. The summed E-state index contributed by atoms with van der Waals surface area (Å²) in [5.41, 5.74) is 1.74. The lowest BCUT2D eigenvalue weighted by molar-refractivity contribution is -0.137. The monoisotopic (exact) mass is 454 g/mol. The third-order valence-corrected chi connectivity index (χ3v) is 6.82. The first-order valence-electron chi connectivity index (χ1n) is 10.7. The summed E-state index contributed by atoms with van der Waals surface area (Å²) in [6.07, 6.45) is 0.879. The van der Waals surface area contributed by atoms with E-state index in [1.54, 1.807) is 41.3 Å². The van der Waals surface area contributed by atoms with Crippen molar-refractivity contribution in [1.29, 1.82) is 0 Å². The van der Waals surface area contributed by atoms with Gasteiger partial charge in [0.15, 0.2) is 0 Å². The number of imide groups is 1. The van der Waals surface area contributed by atoms with Crippen LogP contribution in [0.1, 0.15) is 30.0 Å². The van der Waals surface area contributed by atoms with Crippen molar-refractivity contribution in [2.45, 2.75) is 37.9 Å². The third-order valence-electron chi connectivity index (χ3n) is 6.57. The highest BCUT2D eigenvalue weighted by molar-refractivity contribution is 6.30. The quantitative estimate of drug-likeness (QED) is 0.715. The van der Waals surface area contributed by atoms with Crippen LogP contribution in [-0.4, -0.2) is 51.3 Å². The van der Waals surface area contributed by atoms with E-state index in [0.717, 1.165) is 22.6 Å². The van der Waals surface area contributed by atoms with E-state index in [2.05, 4.69) is 5.32 Å². The van der Waals surface area contributed by atoms with E-state index >= 15 is 0 Å². The van der Waals surface area contributed by atoms with Gasteiger partial charge in [0.05, 0.1) is 13.0 Å². The number of likely N-dealkylation sites (tertiary alicyclic amines) is 1. The molecule has 0 spiro atoms. The number of hydrogen-bond acceptors (Lipinski definition) is 4. The summed E-state index contributed by atoms with van der Waals surface area (Å²) < 4.78 is 1.82. The number of urea groups is 1. The molecule has 5 rings (SSSR count). The molecule has 3 aliphatic rings. The molecule has 2 fully saturated rings. The van der Waals surface area contributed by atoms with Crippen LogP contribution < -0.4 is 10.9 Å². The maximum absolute atomic E-state index is 13.0. The normalized spacial score (nSPS) is 24.3. The first-order valence-corrected chi connectivity index (χ1v) is 11.1. The van der Waals surface area contributed by atoms with E-state index in [9.17, 15) is 19.2 Å². The molecule has 0 radical (unpaired) electrons. The average Bonchev–Trinajstić information content (AvgIpc) is 3.03. The largest absolute Gasteiger partial charge is 0.342 e. The number of benzene rings is 1. The molecule has 9 heteroatoms. The summed E-state index contributed by atoms with van der Waals surface area (Å²) in [5, 5.41) is 3.22. The summed E-state index contributed by atoms with van der Waals surface area (Å²) in [7, 11) is 0. The first-order chi connectivity index (χ1) is 15.4. The Morgan fingerprint density at radius 2 is 1.81 bits per heavy atom. The molecule has 1 aromatic heterocycles.